The van der Waals surface area contributed by atoms with E-state index < -0.39 is 35.1 Å². The van der Waals surface area contributed by atoms with E-state index in [0.29, 0.717) is 6.42 Å². The highest BCUT2D eigenvalue weighted by molar-refractivity contribution is 7.09. The molecule has 38 heavy (non-hydrogen) atoms. The lowest BCUT2D eigenvalue weighted by Gasteiger charge is -2.35. The van der Waals surface area contributed by atoms with Crippen LogP contribution in [0, 0.1) is 17.3 Å². The quantitative estimate of drug-likeness (QED) is 0.429. The van der Waals surface area contributed by atoms with Crippen LogP contribution in [0.4, 0.5) is 0 Å². The molecule has 4 rings (SSSR count). The van der Waals surface area contributed by atoms with Gasteiger partial charge in [-0.3, -0.25) is 9.59 Å². The number of epoxide rings is 1. The number of aromatic nitrogens is 1. The second-order valence-corrected chi connectivity index (χ2v) is 13.6. The number of hydrogen-bond donors (Lipinski definition) is 2. The fourth-order valence-electron chi connectivity index (χ4n) is 6.42. The number of thiazole rings is 1. The second kappa shape index (κ2) is 10.7. The molecule has 8 atom stereocenters. The van der Waals surface area contributed by atoms with E-state index in [9.17, 15) is 19.8 Å². The lowest BCUT2D eigenvalue weighted by molar-refractivity contribution is -0.153. The molecule has 3 fully saturated rings. The van der Waals surface area contributed by atoms with Crippen molar-refractivity contribution in [3.63, 3.8) is 0 Å². The van der Waals surface area contributed by atoms with Crippen LogP contribution in [0.2, 0.25) is 0 Å². The van der Waals surface area contributed by atoms with Gasteiger partial charge in [-0.25, -0.2) is 4.98 Å². The molecule has 2 aliphatic heterocycles. The van der Waals surface area contributed by atoms with Gasteiger partial charge in [-0.15, -0.1) is 11.3 Å². The van der Waals surface area contributed by atoms with Crippen molar-refractivity contribution in [2.75, 3.05) is 14.1 Å². The molecule has 9 heteroatoms. The second-order valence-electron chi connectivity index (χ2n) is 12.6. The Balaban J connectivity index is 1.59. The van der Waals surface area contributed by atoms with Crippen LogP contribution >= 0.6 is 11.3 Å². The molecule has 0 unspecified atom stereocenters. The molecule has 1 aromatic heterocycles. The molecular formula is C29H44N2O6S. The molecule has 2 N–H and O–H groups in total. The zero-order valence-corrected chi connectivity index (χ0v) is 24.6. The number of fused-ring (bicyclic) bond motifs is 3. The summed E-state index contributed by atoms with van der Waals surface area (Å²) >= 11 is 1.59. The highest BCUT2D eigenvalue weighted by Crippen LogP contribution is 2.52. The van der Waals surface area contributed by atoms with E-state index in [1.807, 2.05) is 39.4 Å². The predicted molar refractivity (Wildman–Crippen MR) is 146 cm³/mol. The number of carbonyl (C=O) groups is 2. The maximum Gasteiger partial charge on any atom is 0.309 e. The Kier molecular flexibility index (Phi) is 8.28. The minimum atomic E-state index is -1.24. The van der Waals surface area contributed by atoms with Crippen molar-refractivity contribution >= 4 is 29.2 Å². The van der Waals surface area contributed by atoms with Crippen molar-refractivity contribution in [1.82, 2.24) is 9.88 Å². The normalized spacial score (nSPS) is 40.9. The number of aliphatic hydroxyl groups is 2. The van der Waals surface area contributed by atoms with Crippen molar-refractivity contribution in [2.24, 2.45) is 17.3 Å². The molecule has 0 aromatic carbocycles. The monoisotopic (exact) mass is 548 g/mol. The molecule has 0 spiro atoms. The summed E-state index contributed by atoms with van der Waals surface area (Å²) in [4.78, 5) is 33.2. The van der Waals surface area contributed by atoms with Crippen molar-refractivity contribution in [3.05, 3.63) is 21.7 Å². The maximum atomic E-state index is 13.3. The molecular weight excluding hydrogens is 504 g/mol. The first-order valence-electron chi connectivity index (χ1n) is 13.8. The Labute approximate surface area is 230 Å². The number of ether oxygens (including phenoxy) is 2. The van der Waals surface area contributed by atoms with Gasteiger partial charge in [0.05, 0.1) is 40.9 Å². The van der Waals surface area contributed by atoms with Gasteiger partial charge in [0.25, 0.3) is 0 Å². The summed E-state index contributed by atoms with van der Waals surface area (Å²) in [5, 5.41) is 25.7. The van der Waals surface area contributed by atoms with Crippen LogP contribution in [-0.4, -0.2) is 75.5 Å². The minimum absolute atomic E-state index is 0.0497. The Morgan fingerprint density at radius 1 is 1.29 bits per heavy atom. The van der Waals surface area contributed by atoms with Crippen molar-refractivity contribution in [2.45, 2.75) is 109 Å². The molecule has 2 bridgehead atoms. The summed E-state index contributed by atoms with van der Waals surface area (Å²) in [7, 11) is 4.00. The largest absolute Gasteiger partial charge is 0.458 e. The van der Waals surface area contributed by atoms with Crippen LogP contribution in [0.3, 0.4) is 0 Å². The van der Waals surface area contributed by atoms with Crippen molar-refractivity contribution in [1.29, 1.82) is 0 Å². The van der Waals surface area contributed by atoms with Gasteiger partial charge in [-0.05, 0) is 64.8 Å². The van der Waals surface area contributed by atoms with Gasteiger partial charge in [-0.2, -0.15) is 0 Å². The Morgan fingerprint density at radius 2 is 2.00 bits per heavy atom. The van der Waals surface area contributed by atoms with Gasteiger partial charge in [0.1, 0.15) is 16.9 Å². The van der Waals surface area contributed by atoms with Crippen LogP contribution in [0.25, 0.3) is 6.08 Å². The van der Waals surface area contributed by atoms with Gasteiger partial charge in [-0.1, -0.05) is 27.2 Å². The minimum Gasteiger partial charge on any atom is -0.458 e. The van der Waals surface area contributed by atoms with Gasteiger partial charge >= 0.3 is 5.97 Å². The smallest absolute Gasteiger partial charge is 0.309 e. The van der Waals surface area contributed by atoms with E-state index in [1.54, 1.807) is 25.2 Å². The Morgan fingerprint density at radius 3 is 2.68 bits per heavy atom. The average molecular weight is 549 g/mol. The number of esters is 1. The van der Waals surface area contributed by atoms with E-state index in [1.165, 1.54) is 0 Å². The van der Waals surface area contributed by atoms with Crippen LogP contribution < -0.4 is 0 Å². The van der Waals surface area contributed by atoms with E-state index >= 15 is 0 Å². The van der Waals surface area contributed by atoms with E-state index in [2.05, 4.69) is 16.8 Å². The zero-order valence-electron chi connectivity index (χ0n) is 23.8. The van der Waals surface area contributed by atoms with Crippen molar-refractivity contribution < 1.29 is 29.3 Å². The third-order valence-corrected chi connectivity index (χ3v) is 10.1. The number of carbonyl (C=O) groups excluding carboxylic acids is 2. The molecule has 1 saturated carbocycles. The SMILES string of the molecule is C/C(=C\c1csc(CN(C)C)n1)[C@@H]1C[C@@H]2O[C@]2(C)CCC[C@H](C)[C@]2(O)C[C@](C)(C(=O)[C@@H]2C)[C@@H](O)CC(=O)O1. The molecule has 2 saturated heterocycles. The van der Waals surface area contributed by atoms with Crippen molar-refractivity contribution in [3.8, 4) is 0 Å². The number of ketones is 1. The number of rotatable bonds is 4. The van der Waals surface area contributed by atoms with E-state index in [0.717, 1.165) is 42.1 Å². The summed E-state index contributed by atoms with van der Waals surface area (Å²) in [6.07, 6.45) is 2.89. The molecule has 0 amide bonds. The topological polar surface area (TPSA) is 112 Å². The summed E-state index contributed by atoms with van der Waals surface area (Å²) in [5.41, 5.74) is -1.05. The molecule has 1 aliphatic carbocycles. The molecule has 8 nitrogen and oxygen atoms in total. The maximum absolute atomic E-state index is 13.3. The first kappa shape index (κ1) is 29.3. The molecule has 212 valence electrons. The lowest BCUT2D eigenvalue weighted by Crippen LogP contribution is -2.41. The first-order valence-corrected chi connectivity index (χ1v) is 14.7. The summed E-state index contributed by atoms with van der Waals surface area (Å²) in [5.74, 6) is -1.50. The Hall–Kier alpha value is -1.65. The zero-order chi connectivity index (χ0) is 28.0. The van der Waals surface area contributed by atoms with Crippen LogP contribution in [0.5, 0.6) is 0 Å². The van der Waals surface area contributed by atoms with Gasteiger partial charge in [0, 0.05) is 24.3 Å². The lowest BCUT2D eigenvalue weighted by atomic mass is 9.75. The van der Waals surface area contributed by atoms with Gasteiger partial charge in [0.15, 0.2) is 0 Å². The summed E-state index contributed by atoms with van der Waals surface area (Å²) in [6, 6.07) is 0. The van der Waals surface area contributed by atoms with Gasteiger partial charge < -0.3 is 24.6 Å². The molecule has 3 aliphatic rings. The predicted octanol–water partition coefficient (Wildman–Crippen LogP) is 3.98. The third kappa shape index (κ3) is 5.77. The summed E-state index contributed by atoms with van der Waals surface area (Å²) in [6.45, 7) is 10.2. The molecule has 0 radical (unpaired) electrons. The van der Waals surface area contributed by atoms with Crippen LogP contribution in [0.1, 0.15) is 83.8 Å². The van der Waals surface area contributed by atoms with Crippen LogP contribution in [-0.2, 0) is 25.6 Å². The Bertz CT molecular complexity index is 1090. The number of cyclic esters (lactones) is 1. The fourth-order valence-corrected chi connectivity index (χ4v) is 7.29. The number of aliphatic hydroxyl groups excluding tert-OH is 1. The summed E-state index contributed by atoms with van der Waals surface area (Å²) < 4.78 is 12.1. The third-order valence-electron chi connectivity index (χ3n) is 9.26. The first-order chi connectivity index (χ1) is 17.7. The van der Waals surface area contributed by atoms with E-state index in [4.69, 9.17) is 9.47 Å². The number of Topliss-reactive ketones (excluding diaryl/α,β-unsaturated/α-hetero) is 1. The molecule has 3 heterocycles. The average Bonchev–Trinajstić information content (AvgIpc) is 3.16. The standard InChI is InChI=1S/C29H44N2O6S/c1-17(11-20-15-38-24(30-20)14-31(6)7)21-12-23-28(5,37-23)10-8-9-18(2)29(35)16-27(4,26(34)19(29)3)22(32)13-25(33)36-21/h11,15,18-19,21-23,32,35H,8-10,12-14,16H2,1-7H3/b17-11+/t18-,19-,21-,22-,23-,27-,28+,29+/m0/s1. The fraction of sp³-hybridized carbons (Fsp3) is 0.759. The highest BCUT2D eigenvalue weighted by Gasteiger charge is 2.61. The van der Waals surface area contributed by atoms with Gasteiger partial charge in [0.2, 0.25) is 0 Å². The molecule has 1 aromatic rings. The number of nitrogens with zero attached hydrogens (tertiary/aromatic N) is 2. The highest BCUT2D eigenvalue weighted by atomic mass is 32.1. The van der Waals surface area contributed by atoms with Crippen LogP contribution in [0.15, 0.2) is 11.0 Å². The number of hydrogen-bond acceptors (Lipinski definition) is 9. The van der Waals surface area contributed by atoms with E-state index in [-0.39, 0.29) is 36.2 Å².